The van der Waals surface area contributed by atoms with E-state index in [4.69, 9.17) is 45.5 Å². The van der Waals surface area contributed by atoms with Gasteiger partial charge in [0.2, 0.25) is 23.7 Å². The lowest BCUT2D eigenvalue weighted by atomic mass is 10.1. The number of carbonyl (C=O) groups excluding carboxylic acids is 4. The summed E-state index contributed by atoms with van der Waals surface area (Å²) in [5.74, 6) is -2.51. The number of hydrogen-bond donors (Lipinski definition) is 5. The van der Waals surface area contributed by atoms with Gasteiger partial charge < -0.3 is 49.6 Å². The van der Waals surface area contributed by atoms with Crippen LogP contribution in [-0.4, -0.2) is 136 Å². The molecule has 0 spiro atoms. The lowest BCUT2D eigenvalue weighted by molar-refractivity contribution is -0.142. The van der Waals surface area contributed by atoms with Crippen molar-refractivity contribution in [3.8, 4) is 11.5 Å². The minimum atomic E-state index is -1.03. The third kappa shape index (κ3) is 13.1. The molecule has 7 aromatic rings. The fourth-order valence-corrected chi connectivity index (χ4v) is 8.40. The molecule has 0 aliphatic heterocycles. The summed E-state index contributed by atoms with van der Waals surface area (Å²) in [6.45, 7) is 14.1. The van der Waals surface area contributed by atoms with Crippen molar-refractivity contribution in [1.82, 2.24) is 48.4 Å². The van der Waals surface area contributed by atoms with Crippen LogP contribution in [0, 0.1) is 13.8 Å². The van der Waals surface area contributed by atoms with Gasteiger partial charge >= 0.3 is 5.97 Å². The highest BCUT2D eigenvalue weighted by atomic mass is 16.5. The topological polar surface area (TPSA) is 311 Å². The van der Waals surface area contributed by atoms with Crippen molar-refractivity contribution in [3.05, 3.63) is 107 Å². The summed E-state index contributed by atoms with van der Waals surface area (Å²) in [5, 5.41) is 28.0. The largest absolute Gasteiger partial charge is 0.494 e. The number of nitrogens with one attached hydrogen (secondary N) is 2. The number of rotatable bonds is 28. The molecule has 0 unspecified atom stereocenters. The number of carboxylic acid groups (broad SMARTS) is 1. The third-order valence-electron chi connectivity index (χ3n) is 11.9. The average Bonchev–Trinajstić information content (AvgIpc) is 4.23. The number of hydrogen-bond acceptors (Lipinski definition) is 15. The number of aryl methyl sites for hydroxylation is 4. The second kappa shape index (κ2) is 24.9. The Kier molecular flexibility index (Phi) is 18.0. The first-order chi connectivity index (χ1) is 36.5. The molecule has 2 aromatic carbocycles. The molecule has 0 radical (unpaired) electrons. The van der Waals surface area contributed by atoms with Gasteiger partial charge in [0.1, 0.15) is 47.1 Å². The Bertz CT molecular complexity index is 3300. The van der Waals surface area contributed by atoms with Gasteiger partial charge in [0.15, 0.2) is 0 Å². The van der Waals surface area contributed by atoms with E-state index in [1.165, 1.54) is 31.4 Å². The molecule has 5 aromatic heterocycles. The zero-order chi connectivity index (χ0) is 54.6. The number of ether oxygens (including phenoxy) is 4. The Hall–Kier alpha value is -8.84. The third-order valence-corrected chi connectivity index (χ3v) is 11.9. The van der Waals surface area contributed by atoms with Gasteiger partial charge in [-0.2, -0.15) is 15.3 Å². The van der Waals surface area contributed by atoms with Crippen LogP contribution in [0.2, 0.25) is 0 Å². The molecular formula is C51H63N15O10. The monoisotopic (exact) mass is 1050 g/mol. The van der Waals surface area contributed by atoms with Crippen molar-refractivity contribution < 1.29 is 48.0 Å². The quantitative estimate of drug-likeness (QED) is 0.0332. The molecule has 0 atom stereocenters. The summed E-state index contributed by atoms with van der Waals surface area (Å²) in [4.78, 5) is 75.1. The Morgan fingerprint density at radius 1 is 0.724 bits per heavy atom. The number of methoxy groups -OCH3 is 1. The zero-order valence-electron chi connectivity index (χ0n) is 43.5. The molecule has 0 aliphatic rings. The van der Waals surface area contributed by atoms with E-state index in [1.54, 1.807) is 55.4 Å². The summed E-state index contributed by atoms with van der Waals surface area (Å²) in [6.07, 6.45) is 11.0. The first kappa shape index (κ1) is 54.9. The minimum absolute atomic E-state index is 0.0644. The molecule has 25 nitrogen and oxygen atoms in total. The Labute approximate surface area is 437 Å². The van der Waals surface area contributed by atoms with Gasteiger partial charge in [0, 0.05) is 56.1 Å². The maximum absolute atomic E-state index is 14.0. The Balaban J connectivity index is 1.16. The van der Waals surface area contributed by atoms with Crippen LogP contribution in [0.25, 0.3) is 22.1 Å². The highest BCUT2D eigenvalue weighted by Gasteiger charge is 2.24. The number of amides is 4. The van der Waals surface area contributed by atoms with Crippen LogP contribution < -0.4 is 36.5 Å². The summed E-state index contributed by atoms with van der Waals surface area (Å²) in [6, 6.07) is 9.58. The molecule has 7 N–H and O–H groups in total. The smallest absolute Gasteiger partial charge is 0.329 e. The number of nitrogens with two attached hydrogens (primary N) is 2. The summed E-state index contributed by atoms with van der Waals surface area (Å²) in [7, 11) is 1.45. The molecule has 4 amide bonds. The van der Waals surface area contributed by atoms with E-state index in [-0.39, 0.29) is 74.3 Å². The fourth-order valence-electron chi connectivity index (χ4n) is 8.40. The van der Waals surface area contributed by atoms with E-state index in [0.717, 1.165) is 5.69 Å². The van der Waals surface area contributed by atoms with Crippen LogP contribution in [-0.2, 0) is 47.0 Å². The predicted molar refractivity (Wildman–Crippen MR) is 282 cm³/mol. The van der Waals surface area contributed by atoms with E-state index >= 15 is 0 Å². The molecule has 5 heterocycles. The highest BCUT2D eigenvalue weighted by Crippen LogP contribution is 2.33. The number of aromatic nitrogens is 10. The number of primary amides is 2. The van der Waals surface area contributed by atoms with Gasteiger partial charge in [-0.05, 0) is 84.0 Å². The molecule has 0 saturated carbocycles. The molecule has 76 heavy (non-hydrogen) atoms. The maximum Gasteiger partial charge on any atom is 0.329 e. The van der Waals surface area contributed by atoms with Crippen LogP contribution in [0.4, 0.5) is 17.6 Å². The van der Waals surface area contributed by atoms with Crippen molar-refractivity contribution in [1.29, 1.82) is 0 Å². The summed E-state index contributed by atoms with van der Waals surface area (Å²) in [5.41, 5.74) is 16.2. The summed E-state index contributed by atoms with van der Waals surface area (Å²) < 4.78 is 31.2. The Morgan fingerprint density at radius 2 is 1.25 bits per heavy atom. The number of fused-ring (bicyclic) bond motifs is 2. The molecule has 0 fully saturated rings. The molecule has 25 heteroatoms. The molecule has 7 rings (SSSR count). The molecule has 402 valence electrons. The van der Waals surface area contributed by atoms with Gasteiger partial charge in [0.05, 0.1) is 67.8 Å². The first-order valence-electron chi connectivity index (χ1n) is 24.5. The van der Waals surface area contributed by atoms with Crippen molar-refractivity contribution in [2.24, 2.45) is 11.5 Å². The molecular weight excluding hydrogens is 983 g/mol. The van der Waals surface area contributed by atoms with E-state index in [1.807, 2.05) is 44.3 Å². The van der Waals surface area contributed by atoms with Crippen molar-refractivity contribution in [2.75, 3.05) is 62.2 Å². The number of nitrogens with zero attached hydrogens (tertiary/aromatic N) is 11. The molecule has 0 aliphatic carbocycles. The van der Waals surface area contributed by atoms with Gasteiger partial charge in [-0.25, -0.2) is 14.8 Å². The molecule has 0 bridgehead atoms. The van der Waals surface area contributed by atoms with Crippen LogP contribution in [0.3, 0.4) is 0 Å². The highest BCUT2D eigenvalue weighted by molar-refractivity contribution is 6.05. The van der Waals surface area contributed by atoms with Crippen molar-refractivity contribution in [3.63, 3.8) is 0 Å². The zero-order valence-corrected chi connectivity index (χ0v) is 43.5. The second-order valence-electron chi connectivity index (χ2n) is 17.6. The number of benzene rings is 2. The van der Waals surface area contributed by atoms with Crippen LogP contribution >= 0.6 is 0 Å². The number of allylic oxidation sites excluding steroid dienone is 3. The fraction of sp³-hybridized carbons (Fsp3) is 0.373. The first-order valence-corrected chi connectivity index (χ1v) is 24.5. The number of anilines is 3. The minimum Gasteiger partial charge on any atom is -0.494 e. The maximum atomic E-state index is 14.0. The number of carboxylic acids is 1. The van der Waals surface area contributed by atoms with Gasteiger partial charge in [0.25, 0.3) is 11.8 Å². The van der Waals surface area contributed by atoms with E-state index < -0.39 is 29.6 Å². The predicted octanol–water partition coefficient (Wildman–Crippen LogP) is 4.57. The average molecular weight is 1050 g/mol. The summed E-state index contributed by atoms with van der Waals surface area (Å²) >= 11 is 0. The Morgan fingerprint density at radius 3 is 1.76 bits per heavy atom. The van der Waals surface area contributed by atoms with Crippen LogP contribution in [0.15, 0.2) is 73.1 Å². The van der Waals surface area contributed by atoms with Gasteiger partial charge in [-0.15, -0.1) is 0 Å². The van der Waals surface area contributed by atoms with E-state index in [9.17, 15) is 24.0 Å². The van der Waals surface area contributed by atoms with Crippen molar-refractivity contribution >= 4 is 69.2 Å². The van der Waals surface area contributed by atoms with Gasteiger partial charge in [-0.3, -0.25) is 43.9 Å². The van der Waals surface area contributed by atoms with E-state index in [0.29, 0.717) is 83.4 Å². The van der Waals surface area contributed by atoms with Gasteiger partial charge in [-0.1, -0.05) is 18.2 Å². The number of carbonyl (C=O) groups is 5. The number of aliphatic carboxylic acids is 1. The normalized spacial score (nSPS) is 11.7. The standard InChI is InChI=1S/C51H63N15O10/c1-8-65-39(22-32(5)59-65)48(71)57-50-55-37-24-34(46(52)69)26-41(73-7)44(37)63(50)15-10-11-16-64-45-38(56-51(64)58-49(72)40-23-33(6)60-66(40)9-2)25-35(47(53)70)27-42(45)76-18-13-12-14-61-29-36(28-54-61)62(31(3)4)17-19-74-20-21-75-30-43(67)68/h10-13,22-29,31H,8-9,14-21,30H2,1-7H3,(H2,52,69)(H2,53,70)(H,67,68)(H,55,57,71)(H,56,58,72)/b11-10+,13-12+. The van der Waals surface area contributed by atoms with Crippen LogP contribution in [0.1, 0.15) is 80.8 Å². The lowest BCUT2D eigenvalue weighted by Crippen LogP contribution is -2.34. The SMILES string of the molecule is CCn1nc(C)cc1C(=O)Nc1nc2cc(C(N)=O)cc(OC)c2n1C/C=C/Cn1c(NC(=O)c2cc(C)nn2CC)nc2cc(C(N)=O)cc(OC/C=C/Cn3cc(N(CCOCCOCC(=O)O)C(C)C)cn3)c21. The van der Waals surface area contributed by atoms with Crippen molar-refractivity contribution in [2.45, 2.75) is 80.3 Å². The lowest BCUT2D eigenvalue weighted by Gasteiger charge is -2.27. The number of imidazole rings is 2. The molecule has 0 saturated heterocycles. The van der Waals surface area contributed by atoms with Crippen LogP contribution in [0.5, 0.6) is 11.5 Å². The second-order valence-corrected chi connectivity index (χ2v) is 17.6. The van der Waals surface area contributed by atoms with E-state index in [2.05, 4.69) is 44.7 Å².